The second kappa shape index (κ2) is 17.5. The van der Waals surface area contributed by atoms with E-state index < -0.39 is 11.6 Å². The summed E-state index contributed by atoms with van der Waals surface area (Å²) in [5.41, 5.74) is 27.3. The number of nitrogen functional groups attached to an aromatic ring is 4. The molecule has 5 aromatic carbocycles. The number of esters is 1. The lowest BCUT2D eigenvalue weighted by Gasteiger charge is -2.38. The quantitative estimate of drug-likeness (QED) is 0.0522. The fourth-order valence-corrected chi connectivity index (χ4v) is 5.39. The van der Waals surface area contributed by atoms with Gasteiger partial charge in [-0.1, -0.05) is 54.6 Å². The number of hydrogen-bond acceptors (Lipinski definition) is 10. The third-order valence-corrected chi connectivity index (χ3v) is 7.94. The molecule has 1 unspecified atom stereocenters. The number of hydrogen-bond donors (Lipinski definition) is 8. The molecule has 0 bridgehead atoms. The maximum atomic E-state index is 12.1. The van der Waals surface area contributed by atoms with E-state index >= 15 is 0 Å². The van der Waals surface area contributed by atoms with Gasteiger partial charge in [-0.2, -0.15) is 0 Å². The van der Waals surface area contributed by atoms with Crippen molar-refractivity contribution in [3.63, 3.8) is 0 Å². The van der Waals surface area contributed by atoms with E-state index in [1.165, 1.54) is 0 Å². The van der Waals surface area contributed by atoms with E-state index in [9.17, 15) is 9.59 Å². The first-order chi connectivity index (χ1) is 23.6. The summed E-state index contributed by atoms with van der Waals surface area (Å²) >= 11 is 0. The van der Waals surface area contributed by atoms with Crippen molar-refractivity contribution in [3.8, 4) is 0 Å². The van der Waals surface area contributed by atoms with Gasteiger partial charge in [-0.15, -0.1) is 0 Å². The van der Waals surface area contributed by atoms with Gasteiger partial charge in [0.25, 0.3) is 0 Å². The number of ether oxygens (including phenoxy) is 1. The molecular weight excluding hydrogens is 616 g/mol. The number of fused-ring (bicyclic) bond motifs is 1. The lowest BCUT2D eigenvalue weighted by molar-refractivity contribution is -0.146. The minimum absolute atomic E-state index is 0.0567. The minimum atomic E-state index is -0.664. The van der Waals surface area contributed by atoms with Crippen LogP contribution in [0.1, 0.15) is 32.6 Å². The zero-order chi connectivity index (χ0) is 35.2. The number of anilines is 6. The summed E-state index contributed by atoms with van der Waals surface area (Å²) in [6.07, 6.45) is 2.10. The van der Waals surface area contributed by atoms with E-state index in [1.54, 1.807) is 0 Å². The minimum Gasteiger partial charge on any atom is -0.461 e. The first kappa shape index (κ1) is 36.2. The molecule has 0 saturated carbocycles. The molecule has 6 rings (SSSR count). The highest BCUT2D eigenvalue weighted by Crippen LogP contribution is 2.40. The molecule has 1 aliphatic rings. The number of benzene rings is 5. The molecule has 11 heteroatoms. The Hall–Kier alpha value is -5.68. The van der Waals surface area contributed by atoms with Crippen molar-refractivity contribution in [2.75, 3.05) is 60.3 Å². The molecule has 5 aromatic rings. The molecule has 0 spiro atoms. The van der Waals surface area contributed by atoms with Crippen LogP contribution in [-0.2, 0) is 14.3 Å². The molecule has 49 heavy (non-hydrogen) atoms. The number of unbranched alkanes of at least 4 members (excludes halogenated alkanes) is 1. The van der Waals surface area contributed by atoms with Crippen molar-refractivity contribution in [1.29, 1.82) is 0 Å². The number of para-hydroxylation sites is 1. The van der Waals surface area contributed by atoms with Crippen molar-refractivity contribution >= 4 is 67.5 Å². The Bertz CT molecular complexity index is 1800. The molecule has 1 amide bonds. The molecular formula is C38H48N8O3. The summed E-state index contributed by atoms with van der Waals surface area (Å²) in [6.45, 7) is 3.60. The van der Waals surface area contributed by atoms with Crippen LogP contribution >= 0.6 is 0 Å². The summed E-state index contributed by atoms with van der Waals surface area (Å²) < 4.78 is 5.45. The Morgan fingerprint density at radius 2 is 1.22 bits per heavy atom. The van der Waals surface area contributed by atoms with Gasteiger partial charge in [-0.3, -0.25) is 9.59 Å². The molecule has 12 N–H and O–H groups in total. The Kier molecular flexibility index (Phi) is 12.9. The normalized spacial score (nSPS) is 14.2. The molecule has 0 aromatic heterocycles. The third kappa shape index (κ3) is 10.4. The highest BCUT2D eigenvalue weighted by atomic mass is 16.5. The van der Waals surface area contributed by atoms with Gasteiger partial charge in [-0.25, -0.2) is 0 Å². The molecule has 0 radical (unpaired) electrons. The lowest BCUT2D eigenvalue weighted by atomic mass is 9.99. The molecule has 1 heterocycles. The number of nitrogens with two attached hydrogens (primary N) is 4. The Balaban J connectivity index is 0.000000229. The van der Waals surface area contributed by atoms with Crippen molar-refractivity contribution < 1.29 is 14.3 Å². The highest BCUT2D eigenvalue weighted by Gasteiger charge is 2.31. The van der Waals surface area contributed by atoms with Crippen LogP contribution in [0.25, 0.3) is 21.5 Å². The van der Waals surface area contributed by atoms with Crippen LogP contribution < -0.4 is 44.2 Å². The standard InChI is InChI=1S/C22H31N5O3.C10H10N2.C6H7N/c1-22(14-30-20(29)11-10-19(28)25-13-4-3-12-24-2)26-17-7-5-6-15-16(23)8-9-18(27-22)21(15)17;11-9-5-6-10(12)8-4-2-1-3-7(8)9;7-6-4-2-1-3-5-6/h5-9,24,26-27H,3-4,10-14,23H2,1-2H3,(H,25,28);1-6H,11-12H2;1-5H,7H2. The average Bonchev–Trinajstić information content (AvgIpc) is 3.10. The summed E-state index contributed by atoms with van der Waals surface area (Å²) in [4.78, 5) is 24.0. The van der Waals surface area contributed by atoms with Crippen LogP contribution in [0.15, 0.2) is 97.1 Å². The lowest BCUT2D eigenvalue weighted by Crippen LogP contribution is -2.49. The van der Waals surface area contributed by atoms with E-state index in [2.05, 4.69) is 21.3 Å². The van der Waals surface area contributed by atoms with Gasteiger partial charge in [0.2, 0.25) is 5.91 Å². The smallest absolute Gasteiger partial charge is 0.306 e. The monoisotopic (exact) mass is 664 g/mol. The zero-order valence-corrected chi connectivity index (χ0v) is 28.2. The summed E-state index contributed by atoms with van der Waals surface area (Å²) in [7, 11) is 1.90. The van der Waals surface area contributed by atoms with Crippen molar-refractivity contribution in [1.82, 2.24) is 10.6 Å². The fourth-order valence-electron chi connectivity index (χ4n) is 5.39. The highest BCUT2D eigenvalue weighted by molar-refractivity contribution is 6.10. The van der Waals surface area contributed by atoms with Crippen molar-refractivity contribution in [2.24, 2.45) is 0 Å². The second-order valence-electron chi connectivity index (χ2n) is 12.0. The average molecular weight is 665 g/mol. The third-order valence-electron chi connectivity index (χ3n) is 7.94. The van der Waals surface area contributed by atoms with Crippen LogP contribution in [0, 0.1) is 0 Å². The first-order valence-corrected chi connectivity index (χ1v) is 16.4. The fraction of sp³-hybridized carbons (Fsp3) is 0.263. The van der Waals surface area contributed by atoms with Crippen LogP contribution in [0.2, 0.25) is 0 Å². The van der Waals surface area contributed by atoms with Crippen LogP contribution in [0.3, 0.4) is 0 Å². The van der Waals surface area contributed by atoms with Crippen molar-refractivity contribution in [2.45, 2.75) is 38.3 Å². The topological polar surface area (TPSA) is 196 Å². The van der Waals surface area contributed by atoms with E-state index in [-0.39, 0.29) is 25.4 Å². The number of carbonyl (C=O) groups excluding carboxylic acids is 2. The Morgan fingerprint density at radius 3 is 1.84 bits per heavy atom. The summed E-state index contributed by atoms with van der Waals surface area (Å²) in [5, 5.41) is 16.7. The molecule has 0 fully saturated rings. The molecule has 258 valence electrons. The Morgan fingerprint density at radius 1 is 0.673 bits per heavy atom. The van der Waals surface area contributed by atoms with Crippen LogP contribution in [-0.4, -0.2) is 44.3 Å². The number of rotatable bonds is 10. The van der Waals surface area contributed by atoms with E-state index in [4.69, 9.17) is 27.7 Å². The number of nitrogens with one attached hydrogen (secondary N) is 4. The van der Waals surface area contributed by atoms with E-state index in [0.717, 1.165) is 75.1 Å². The number of amides is 1. The molecule has 1 aliphatic heterocycles. The zero-order valence-electron chi connectivity index (χ0n) is 28.2. The largest absolute Gasteiger partial charge is 0.461 e. The van der Waals surface area contributed by atoms with Gasteiger partial charge in [0.05, 0.1) is 6.42 Å². The molecule has 0 saturated heterocycles. The maximum absolute atomic E-state index is 12.1. The molecule has 11 nitrogen and oxygen atoms in total. The van der Waals surface area contributed by atoms with Gasteiger partial charge < -0.3 is 48.9 Å². The van der Waals surface area contributed by atoms with Crippen LogP contribution in [0.4, 0.5) is 34.1 Å². The summed E-state index contributed by atoms with van der Waals surface area (Å²) in [6, 6.07) is 30.7. The van der Waals surface area contributed by atoms with Gasteiger partial charge in [0.1, 0.15) is 12.3 Å². The SMILES string of the molecule is CNCCCCNC(=O)CCC(=O)OCC1(C)Nc2cccc3c(N)ccc(c23)N1.Nc1ccc(N)c2ccccc12.Nc1ccccc1. The molecule has 0 aliphatic carbocycles. The van der Waals surface area contributed by atoms with Gasteiger partial charge in [0.15, 0.2) is 0 Å². The maximum Gasteiger partial charge on any atom is 0.306 e. The first-order valence-electron chi connectivity index (χ1n) is 16.4. The molecule has 1 atom stereocenters. The van der Waals surface area contributed by atoms with Gasteiger partial charge in [-0.05, 0) is 75.8 Å². The Labute approximate surface area is 287 Å². The van der Waals surface area contributed by atoms with E-state index in [1.807, 2.05) is 111 Å². The van der Waals surface area contributed by atoms with Crippen LogP contribution in [0.5, 0.6) is 0 Å². The second-order valence-corrected chi connectivity index (χ2v) is 12.0. The van der Waals surface area contributed by atoms with E-state index in [0.29, 0.717) is 6.54 Å². The predicted molar refractivity (Wildman–Crippen MR) is 204 cm³/mol. The number of carbonyl (C=O) groups is 2. The van der Waals surface area contributed by atoms with Gasteiger partial charge in [0, 0.05) is 68.6 Å². The van der Waals surface area contributed by atoms with Crippen molar-refractivity contribution in [3.05, 3.63) is 97.1 Å². The van der Waals surface area contributed by atoms with Gasteiger partial charge >= 0.3 is 5.97 Å². The predicted octanol–water partition coefficient (Wildman–Crippen LogP) is 5.69. The summed E-state index contributed by atoms with van der Waals surface area (Å²) in [5.74, 6) is -0.527.